The third-order valence-electron chi connectivity index (χ3n) is 2.78. The summed E-state index contributed by atoms with van der Waals surface area (Å²) in [5.74, 6) is 2.15. The topological polar surface area (TPSA) is 61.0 Å². The minimum Gasteiger partial charge on any atom is -0.496 e. The molecule has 0 aliphatic rings. The summed E-state index contributed by atoms with van der Waals surface area (Å²) in [5.41, 5.74) is 6.84. The van der Waals surface area contributed by atoms with Crippen molar-refractivity contribution in [3.05, 3.63) is 35.7 Å². The Hall–Kier alpha value is -1.75. The van der Waals surface area contributed by atoms with Gasteiger partial charge < -0.3 is 10.5 Å². The molecule has 0 aliphatic heterocycles. The number of methoxy groups -OCH3 is 1. The molecular formula is C14H17N3OS. The van der Waals surface area contributed by atoms with Crippen LogP contribution in [0.4, 0.5) is 5.82 Å². The number of ether oxygens (including phenoxy) is 1. The lowest BCUT2D eigenvalue weighted by Crippen LogP contribution is -2.03. The van der Waals surface area contributed by atoms with Gasteiger partial charge in [0.05, 0.1) is 12.0 Å². The first kappa shape index (κ1) is 13.7. The molecule has 1 aromatic carbocycles. The van der Waals surface area contributed by atoms with Crippen molar-refractivity contribution in [3.8, 4) is 5.75 Å². The van der Waals surface area contributed by atoms with Crippen LogP contribution < -0.4 is 10.5 Å². The molecule has 0 atom stereocenters. The van der Waals surface area contributed by atoms with Crippen LogP contribution in [0.15, 0.2) is 34.2 Å². The van der Waals surface area contributed by atoms with Crippen LogP contribution >= 0.6 is 11.8 Å². The first-order chi connectivity index (χ1) is 9.15. The second-order valence-electron chi connectivity index (χ2n) is 4.06. The molecule has 5 heteroatoms. The zero-order chi connectivity index (χ0) is 13.8. The fourth-order valence-electron chi connectivity index (χ4n) is 1.62. The van der Waals surface area contributed by atoms with Crippen molar-refractivity contribution in [2.45, 2.75) is 30.2 Å². The molecule has 0 bridgehead atoms. The number of hydrogen-bond donors (Lipinski definition) is 1. The Morgan fingerprint density at radius 3 is 2.68 bits per heavy atom. The maximum Gasteiger partial charge on any atom is 0.132 e. The zero-order valence-electron chi connectivity index (χ0n) is 11.3. The van der Waals surface area contributed by atoms with Crippen molar-refractivity contribution in [2.24, 2.45) is 0 Å². The van der Waals surface area contributed by atoms with Crippen LogP contribution in [0.3, 0.4) is 0 Å². The molecule has 0 amide bonds. The minimum atomic E-state index is 0.546. The molecule has 2 N–H and O–H groups in total. The molecule has 2 rings (SSSR count). The van der Waals surface area contributed by atoms with Gasteiger partial charge in [-0.05, 0) is 19.1 Å². The first-order valence-electron chi connectivity index (χ1n) is 6.09. The number of aryl methyl sites for hydroxylation is 1. The van der Waals surface area contributed by atoms with Crippen molar-refractivity contribution in [2.75, 3.05) is 12.8 Å². The molecule has 1 aromatic heterocycles. The molecule has 19 heavy (non-hydrogen) atoms. The van der Waals surface area contributed by atoms with Gasteiger partial charge in [0, 0.05) is 12.0 Å². The number of nitrogen functional groups attached to an aromatic ring is 1. The van der Waals surface area contributed by atoms with E-state index in [1.165, 1.54) is 0 Å². The highest BCUT2D eigenvalue weighted by molar-refractivity contribution is 7.99. The van der Waals surface area contributed by atoms with Gasteiger partial charge in [-0.3, -0.25) is 0 Å². The predicted octanol–water partition coefficient (Wildman–Crippen LogP) is 3.09. The SMILES string of the molecule is CCc1nc(N)c(C)c(Sc2ccccc2OC)n1. The minimum absolute atomic E-state index is 0.546. The molecular weight excluding hydrogens is 258 g/mol. The van der Waals surface area contributed by atoms with E-state index < -0.39 is 0 Å². The molecule has 0 unspecified atom stereocenters. The number of hydrogen-bond acceptors (Lipinski definition) is 5. The maximum absolute atomic E-state index is 5.93. The van der Waals surface area contributed by atoms with Gasteiger partial charge in [0.25, 0.3) is 0 Å². The van der Waals surface area contributed by atoms with Crippen LogP contribution in [-0.4, -0.2) is 17.1 Å². The molecule has 1 heterocycles. The largest absolute Gasteiger partial charge is 0.496 e. The molecule has 0 saturated heterocycles. The highest BCUT2D eigenvalue weighted by Crippen LogP contribution is 2.36. The molecule has 0 fully saturated rings. The summed E-state index contributed by atoms with van der Waals surface area (Å²) >= 11 is 1.55. The normalized spacial score (nSPS) is 10.5. The Morgan fingerprint density at radius 2 is 2.00 bits per heavy atom. The standard InChI is InChI=1S/C14H17N3OS/c1-4-12-16-13(15)9(2)14(17-12)19-11-8-6-5-7-10(11)18-3/h5-8H,4H2,1-3H3,(H2,15,16,17). The molecule has 100 valence electrons. The Kier molecular flexibility index (Phi) is 4.27. The number of para-hydroxylation sites is 1. The van der Waals surface area contributed by atoms with E-state index >= 15 is 0 Å². The average Bonchev–Trinajstić information content (AvgIpc) is 2.44. The lowest BCUT2D eigenvalue weighted by molar-refractivity contribution is 0.405. The van der Waals surface area contributed by atoms with Gasteiger partial charge in [-0.2, -0.15) is 0 Å². The van der Waals surface area contributed by atoms with Gasteiger partial charge in [0.2, 0.25) is 0 Å². The van der Waals surface area contributed by atoms with E-state index in [9.17, 15) is 0 Å². The molecule has 2 aromatic rings. The summed E-state index contributed by atoms with van der Waals surface area (Å²) < 4.78 is 5.35. The van der Waals surface area contributed by atoms with Crippen LogP contribution in [-0.2, 0) is 6.42 Å². The van der Waals surface area contributed by atoms with Crippen LogP contribution in [0, 0.1) is 6.92 Å². The number of nitrogens with zero attached hydrogens (tertiary/aromatic N) is 2. The number of nitrogens with two attached hydrogens (primary N) is 1. The summed E-state index contributed by atoms with van der Waals surface area (Å²) in [6, 6.07) is 7.86. The first-order valence-corrected chi connectivity index (χ1v) is 6.91. The third kappa shape index (κ3) is 2.98. The van der Waals surface area contributed by atoms with Crippen molar-refractivity contribution >= 4 is 17.6 Å². The number of benzene rings is 1. The molecule has 0 saturated carbocycles. The summed E-state index contributed by atoms with van der Waals surface area (Å²) in [6.07, 6.45) is 0.768. The van der Waals surface area contributed by atoms with E-state index in [-0.39, 0.29) is 0 Å². The quantitative estimate of drug-likeness (QED) is 0.869. The summed E-state index contributed by atoms with van der Waals surface area (Å²) in [7, 11) is 1.66. The number of rotatable bonds is 4. The van der Waals surface area contributed by atoms with Gasteiger partial charge in [-0.15, -0.1) is 0 Å². The van der Waals surface area contributed by atoms with Crippen molar-refractivity contribution < 1.29 is 4.74 Å². The molecule has 0 spiro atoms. The molecule has 0 aliphatic carbocycles. The zero-order valence-corrected chi connectivity index (χ0v) is 12.1. The van der Waals surface area contributed by atoms with E-state index in [1.807, 2.05) is 38.1 Å². The average molecular weight is 275 g/mol. The highest BCUT2D eigenvalue weighted by Gasteiger charge is 2.11. The second-order valence-corrected chi connectivity index (χ2v) is 5.09. The Morgan fingerprint density at radius 1 is 1.26 bits per heavy atom. The Bertz CT molecular complexity index is 587. The van der Waals surface area contributed by atoms with Gasteiger partial charge in [-0.1, -0.05) is 30.8 Å². The fourth-order valence-corrected chi connectivity index (χ4v) is 2.64. The molecule has 4 nitrogen and oxygen atoms in total. The summed E-state index contributed by atoms with van der Waals surface area (Å²) in [4.78, 5) is 9.82. The lowest BCUT2D eigenvalue weighted by Gasteiger charge is -2.11. The Labute approximate surface area is 117 Å². The number of aromatic nitrogens is 2. The van der Waals surface area contributed by atoms with Crippen LogP contribution in [0.25, 0.3) is 0 Å². The van der Waals surface area contributed by atoms with Crippen LogP contribution in [0.1, 0.15) is 18.3 Å². The van der Waals surface area contributed by atoms with Crippen molar-refractivity contribution in [1.29, 1.82) is 0 Å². The van der Waals surface area contributed by atoms with Gasteiger partial charge in [-0.25, -0.2) is 9.97 Å². The van der Waals surface area contributed by atoms with Crippen LogP contribution in [0.5, 0.6) is 5.75 Å². The second kappa shape index (κ2) is 5.93. The van der Waals surface area contributed by atoms with E-state index in [2.05, 4.69) is 9.97 Å². The van der Waals surface area contributed by atoms with Gasteiger partial charge in [0.1, 0.15) is 22.4 Å². The summed E-state index contributed by atoms with van der Waals surface area (Å²) in [6.45, 7) is 3.95. The monoisotopic (exact) mass is 275 g/mol. The fraction of sp³-hybridized carbons (Fsp3) is 0.286. The smallest absolute Gasteiger partial charge is 0.132 e. The van der Waals surface area contributed by atoms with E-state index in [0.29, 0.717) is 5.82 Å². The lowest BCUT2D eigenvalue weighted by atomic mass is 10.3. The van der Waals surface area contributed by atoms with Crippen LogP contribution in [0.2, 0.25) is 0 Å². The van der Waals surface area contributed by atoms with E-state index in [1.54, 1.807) is 18.9 Å². The van der Waals surface area contributed by atoms with Crippen molar-refractivity contribution in [3.63, 3.8) is 0 Å². The van der Waals surface area contributed by atoms with E-state index in [0.717, 1.165) is 33.5 Å². The molecule has 0 radical (unpaired) electrons. The Balaban J connectivity index is 2.40. The van der Waals surface area contributed by atoms with E-state index in [4.69, 9.17) is 10.5 Å². The highest BCUT2D eigenvalue weighted by atomic mass is 32.2. The number of anilines is 1. The maximum atomic E-state index is 5.93. The third-order valence-corrected chi connectivity index (χ3v) is 3.93. The van der Waals surface area contributed by atoms with Crippen molar-refractivity contribution in [1.82, 2.24) is 9.97 Å². The van der Waals surface area contributed by atoms with Gasteiger partial charge in [0.15, 0.2) is 0 Å². The van der Waals surface area contributed by atoms with Gasteiger partial charge >= 0.3 is 0 Å². The predicted molar refractivity (Wildman–Crippen MR) is 77.7 cm³/mol. The summed E-state index contributed by atoms with van der Waals surface area (Å²) in [5, 5.41) is 0.883.